The Morgan fingerprint density at radius 1 is 1.45 bits per heavy atom. The highest BCUT2D eigenvalue weighted by atomic mass is 79.9. The van der Waals surface area contributed by atoms with Crippen LogP contribution in [-0.2, 0) is 0 Å². The lowest BCUT2D eigenvalue weighted by atomic mass is 10.2. The molecule has 1 aromatic heterocycles. The number of carbonyl (C=O) groups excluding carboxylic acids is 1. The summed E-state index contributed by atoms with van der Waals surface area (Å²) in [6, 6.07) is 4.03. The Balaban J connectivity index is 2.12. The number of aromatic nitrogens is 2. The zero-order chi connectivity index (χ0) is 16.3. The molecule has 2 rings (SSSR count). The summed E-state index contributed by atoms with van der Waals surface area (Å²) in [5.74, 6) is -1.10. The van der Waals surface area contributed by atoms with Gasteiger partial charge in [-0.1, -0.05) is 0 Å². The largest absolute Gasteiger partial charge is 0.508 e. The topological polar surface area (TPSA) is 87.2 Å². The second-order valence-corrected chi connectivity index (χ2v) is 4.99. The van der Waals surface area contributed by atoms with Crippen molar-refractivity contribution in [2.45, 2.75) is 6.18 Å². The lowest BCUT2D eigenvalue weighted by Crippen LogP contribution is -2.20. The first-order chi connectivity index (χ1) is 10.3. The monoisotopic (exact) mass is 379 g/mol. The quantitative estimate of drug-likeness (QED) is 0.761. The Kier molecular flexibility index (Phi) is 4.59. The van der Waals surface area contributed by atoms with Crippen molar-refractivity contribution in [3.63, 3.8) is 0 Å². The fourth-order valence-corrected chi connectivity index (χ4v) is 1.93. The van der Waals surface area contributed by atoms with Crippen molar-refractivity contribution in [1.82, 2.24) is 10.2 Å². The number of benzene rings is 1. The maximum Gasteiger partial charge on any atom is 0.422 e. The van der Waals surface area contributed by atoms with Gasteiger partial charge in [0.2, 0.25) is 5.88 Å². The highest BCUT2D eigenvalue weighted by Gasteiger charge is 2.29. The van der Waals surface area contributed by atoms with E-state index in [1.54, 1.807) is 0 Å². The molecule has 0 fully saturated rings. The van der Waals surface area contributed by atoms with Gasteiger partial charge in [-0.3, -0.25) is 4.79 Å². The van der Waals surface area contributed by atoms with Crippen LogP contribution in [0.15, 0.2) is 28.9 Å². The van der Waals surface area contributed by atoms with Gasteiger partial charge in [-0.25, -0.2) is 5.10 Å². The van der Waals surface area contributed by atoms with E-state index in [2.05, 4.69) is 36.2 Å². The van der Waals surface area contributed by atoms with Crippen LogP contribution in [0.4, 0.5) is 18.9 Å². The normalized spacial score (nSPS) is 11.3. The Labute approximate surface area is 130 Å². The summed E-state index contributed by atoms with van der Waals surface area (Å²) in [4.78, 5) is 12.1. The van der Waals surface area contributed by atoms with Gasteiger partial charge >= 0.3 is 6.18 Å². The van der Waals surface area contributed by atoms with Gasteiger partial charge in [-0.2, -0.15) is 18.3 Å². The Bertz CT molecular complexity index is 688. The Morgan fingerprint density at radius 2 is 2.18 bits per heavy atom. The minimum Gasteiger partial charge on any atom is -0.508 e. The number of phenolic OH excluding ortho intramolecular Hbond substituents is 1. The van der Waals surface area contributed by atoms with Crippen molar-refractivity contribution in [2.24, 2.45) is 0 Å². The number of anilines is 1. The lowest BCUT2D eigenvalue weighted by molar-refractivity contribution is -0.153. The third-order valence-corrected chi connectivity index (χ3v) is 3.12. The number of carbonyl (C=O) groups is 1. The van der Waals surface area contributed by atoms with Crippen molar-refractivity contribution in [2.75, 3.05) is 11.9 Å². The summed E-state index contributed by atoms with van der Waals surface area (Å²) in [6.45, 7) is -1.52. The SMILES string of the molecule is O=C(Nc1cn[nH]c1OCC(F)(F)F)c1cc(O)ccc1Br. The molecule has 0 atom stereocenters. The first-order valence-corrected chi connectivity index (χ1v) is 6.58. The summed E-state index contributed by atoms with van der Waals surface area (Å²) in [5.41, 5.74) is 0.0486. The second kappa shape index (κ2) is 6.26. The van der Waals surface area contributed by atoms with Crippen LogP contribution in [-0.4, -0.2) is 34.0 Å². The molecule has 1 aromatic carbocycles. The third kappa shape index (κ3) is 4.13. The number of amides is 1. The number of alkyl halides is 3. The summed E-state index contributed by atoms with van der Waals surface area (Å²) in [5, 5.41) is 17.4. The van der Waals surface area contributed by atoms with E-state index in [1.165, 1.54) is 18.2 Å². The summed E-state index contributed by atoms with van der Waals surface area (Å²) in [6.07, 6.45) is -3.40. The van der Waals surface area contributed by atoms with Crippen LogP contribution in [0.2, 0.25) is 0 Å². The van der Waals surface area contributed by atoms with Crippen LogP contribution in [0.3, 0.4) is 0 Å². The van der Waals surface area contributed by atoms with E-state index >= 15 is 0 Å². The molecular weight excluding hydrogens is 371 g/mol. The number of nitrogens with zero attached hydrogens (tertiary/aromatic N) is 1. The van der Waals surface area contributed by atoms with Gasteiger partial charge in [0, 0.05) is 4.47 Å². The number of halogens is 4. The van der Waals surface area contributed by atoms with Crippen molar-refractivity contribution in [1.29, 1.82) is 0 Å². The van der Waals surface area contributed by atoms with Gasteiger partial charge in [0.05, 0.1) is 11.8 Å². The van der Waals surface area contributed by atoms with Crippen LogP contribution in [0.5, 0.6) is 11.6 Å². The molecule has 1 heterocycles. The van der Waals surface area contributed by atoms with Gasteiger partial charge < -0.3 is 15.2 Å². The molecule has 0 radical (unpaired) electrons. The summed E-state index contributed by atoms with van der Waals surface area (Å²) >= 11 is 3.14. The molecule has 3 N–H and O–H groups in total. The Hall–Kier alpha value is -2.23. The number of hydrogen-bond acceptors (Lipinski definition) is 4. The van der Waals surface area contributed by atoms with Gasteiger partial charge in [-0.15, -0.1) is 0 Å². The van der Waals surface area contributed by atoms with E-state index < -0.39 is 18.7 Å². The van der Waals surface area contributed by atoms with Crippen LogP contribution < -0.4 is 10.1 Å². The maximum absolute atomic E-state index is 12.1. The highest BCUT2D eigenvalue weighted by molar-refractivity contribution is 9.10. The zero-order valence-electron chi connectivity index (χ0n) is 10.7. The average Bonchev–Trinajstić information content (AvgIpc) is 2.85. The molecule has 0 saturated heterocycles. The first-order valence-electron chi connectivity index (χ1n) is 5.79. The van der Waals surface area contributed by atoms with Crippen LogP contribution in [0.1, 0.15) is 10.4 Å². The number of nitrogens with one attached hydrogen (secondary N) is 2. The van der Waals surface area contributed by atoms with Gasteiger partial charge in [-0.05, 0) is 34.1 Å². The third-order valence-electron chi connectivity index (χ3n) is 2.43. The summed E-state index contributed by atoms with van der Waals surface area (Å²) in [7, 11) is 0. The van der Waals surface area contributed by atoms with Gasteiger partial charge in [0.1, 0.15) is 11.4 Å². The zero-order valence-corrected chi connectivity index (χ0v) is 12.3. The molecule has 6 nitrogen and oxygen atoms in total. The molecule has 0 aliphatic rings. The molecule has 10 heteroatoms. The van der Waals surface area contributed by atoms with Gasteiger partial charge in [0.15, 0.2) is 6.61 Å². The fraction of sp³-hybridized carbons (Fsp3) is 0.167. The molecule has 0 saturated carbocycles. The summed E-state index contributed by atoms with van der Waals surface area (Å²) < 4.78 is 41.3. The fourth-order valence-electron chi connectivity index (χ4n) is 1.50. The number of phenols is 1. The molecule has 0 unspecified atom stereocenters. The molecule has 118 valence electrons. The molecule has 0 spiro atoms. The lowest BCUT2D eigenvalue weighted by Gasteiger charge is -2.10. The number of hydrogen-bond donors (Lipinski definition) is 3. The van der Waals surface area contributed by atoms with Crippen LogP contribution >= 0.6 is 15.9 Å². The molecule has 2 aromatic rings. The maximum atomic E-state index is 12.1. The van der Waals surface area contributed by atoms with E-state index in [4.69, 9.17) is 0 Å². The van der Waals surface area contributed by atoms with E-state index in [9.17, 15) is 23.1 Å². The molecule has 1 amide bonds. The molecule has 0 aliphatic carbocycles. The molecule has 0 aliphatic heterocycles. The van der Waals surface area contributed by atoms with E-state index in [-0.39, 0.29) is 22.9 Å². The second-order valence-electron chi connectivity index (χ2n) is 4.13. The number of ether oxygens (including phenoxy) is 1. The number of aromatic amines is 1. The van der Waals surface area contributed by atoms with Crippen molar-refractivity contribution in [3.8, 4) is 11.6 Å². The predicted octanol–water partition coefficient (Wildman–Crippen LogP) is 3.07. The number of aromatic hydroxyl groups is 1. The minimum absolute atomic E-state index is 0.0514. The standard InChI is InChI=1S/C12H9BrF3N3O3/c13-8-2-1-6(20)3-7(8)10(21)18-9-4-17-19-11(9)22-5-12(14,15)16/h1-4,20H,5H2,(H,17,19)(H,18,21). The van der Waals surface area contributed by atoms with Crippen molar-refractivity contribution >= 4 is 27.5 Å². The minimum atomic E-state index is -4.51. The predicted molar refractivity (Wildman–Crippen MR) is 73.9 cm³/mol. The van der Waals surface area contributed by atoms with E-state index in [1.807, 2.05) is 0 Å². The molecule has 22 heavy (non-hydrogen) atoms. The Morgan fingerprint density at radius 3 is 2.86 bits per heavy atom. The molecular formula is C12H9BrF3N3O3. The van der Waals surface area contributed by atoms with Crippen molar-refractivity contribution < 1.29 is 27.8 Å². The van der Waals surface area contributed by atoms with E-state index in [0.717, 1.165) is 6.20 Å². The smallest absolute Gasteiger partial charge is 0.422 e. The van der Waals surface area contributed by atoms with Crippen molar-refractivity contribution in [3.05, 3.63) is 34.4 Å². The van der Waals surface area contributed by atoms with Crippen LogP contribution in [0, 0.1) is 0 Å². The van der Waals surface area contributed by atoms with E-state index in [0.29, 0.717) is 4.47 Å². The number of rotatable bonds is 4. The van der Waals surface area contributed by atoms with Crippen LogP contribution in [0.25, 0.3) is 0 Å². The first kappa shape index (κ1) is 16.1. The molecule has 0 bridgehead atoms. The average molecular weight is 380 g/mol. The highest BCUT2D eigenvalue weighted by Crippen LogP contribution is 2.26. The number of H-pyrrole nitrogens is 1. The van der Waals surface area contributed by atoms with Gasteiger partial charge in [0.25, 0.3) is 5.91 Å².